The Bertz CT molecular complexity index is 763. The zero-order chi connectivity index (χ0) is 15.7. The van der Waals surface area contributed by atoms with Crippen LogP contribution in [0.25, 0.3) is 10.2 Å². The maximum atomic E-state index is 12.4. The van der Waals surface area contributed by atoms with Crippen LogP contribution in [0.15, 0.2) is 4.79 Å². The van der Waals surface area contributed by atoms with Gasteiger partial charge in [0.05, 0.1) is 5.39 Å². The summed E-state index contributed by atoms with van der Waals surface area (Å²) in [6.45, 7) is 2.64. The van der Waals surface area contributed by atoms with Crippen molar-refractivity contribution in [3.63, 3.8) is 0 Å². The molecule has 0 bridgehead atoms. The molecule has 22 heavy (non-hydrogen) atoms. The van der Waals surface area contributed by atoms with Gasteiger partial charge in [0, 0.05) is 31.3 Å². The molecular weight excluding hydrogens is 298 g/mol. The standard InChI is InChI=1S/C16H21N3O2S/c1-3-19(2)13(20)9-8-12-17-15(21)14-10-6-4-5-7-11(10)22-16(14)18-12/h3-9H2,1-2H3,(H,17,18,21). The van der Waals surface area contributed by atoms with Crippen molar-refractivity contribution in [3.8, 4) is 0 Å². The lowest BCUT2D eigenvalue weighted by molar-refractivity contribution is -0.129. The van der Waals surface area contributed by atoms with E-state index in [4.69, 9.17) is 0 Å². The van der Waals surface area contributed by atoms with Crippen molar-refractivity contribution in [1.82, 2.24) is 14.9 Å². The van der Waals surface area contributed by atoms with E-state index in [1.807, 2.05) is 6.92 Å². The quantitative estimate of drug-likeness (QED) is 0.940. The predicted molar refractivity (Wildman–Crippen MR) is 88.5 cm³/mol. The number of H-pyrrole nitrogens is 1. The van der Waals surface area contributed by atoms with Gasteiger partial charge in [0.25, 0.3) is 5.56 Å². The van der Waals surface area contributed by atoms with Crippen molar-refractivity contribution in [2.45, 2.75) is 45.4 Å². The third-order valence-electron chi connectivity index (χ3n) is 4.35. The van der Waals surface area contributed by atoms with Gasteiger partial charge in [-0.05, 0) is 38.2 Å². The third kappa shape index (κ3) is 2.79. The minimum absolute atomic E-state index is 0.0457. The molecule has 0 fully saturated rings. The van der Waals surface area contributed by atoms with E-state index >= 15 is 0 Å². The number of aryl methyl sites for hydroxylation is 3. The Hall–Kier alpha value is -1.69. The average molecular weight is 319 g/mol. The molecule has 6 heteroatoms. The smallest absolute Gasteiger partial charge is 0.259 e. The first-order chi connectivity index (χ1) is 10.6. The number of hydrogen-bond acceptors (Lipinski definition) is 4. The van der Waals surface area contributed by atoms with Crippen LogP contribution in [0.5, 0.6) is 0 Å². The molecule has 0 spiro atoms. The fourth-order valence-corrected chi connectivity index (χ4v) is 4.20. The summed E-state index contributed by atoms with van der Waals surface area (Å²) in [7, 11) is 1.79. The van der Waals surface area contributed by atoms with E-state index in [0.29, 0.717) is 25.2 Å². The fraction of sp³-hybridized carbons (Fsp3) is 0.562. The Morgan fingerprint density at radius 1 is 1.36 bits per heavy atom. The molecular formula is C16H21N3O2S. The molecule has 0 saturated heterocycles. The Kier molecular flexibility index (Phi) is 4.29. The molecule has 2 aromatic rings. The van der Waals surface area contributed by atoms with Gasteiger partial charge in [-0.25, -0.2) is 4.98 Å². The molecule has 0 aromatic carbocycles. The highest BCUT2D eigenvalue weighted by Gasteiger charge is 2.20. The number of thiophene rings is 1. The molecule has 2 aromatic heterocycles. The van der Waals surface area contributed by atoms with Crippen LogP contribution < -0.4 is 5.56 Å². The van der Waals surface area contributed by atoms with Crippen LogP contribution in [0.3, 0.4) is 0 Å². The fourth-order valence-electron chi connectivity index (χ4n) is 2.92. The van der Waals surface area contributed by atoms with Gasteiger partial charge >= 0.3 is 0 Å². The second kappa shape index (κ2) is 6.20. The number of aromatic nitrogens is 2. The van der Waals surface area contributed by atoms with E-state index < -0.39 is 0 Å². The molecule has 3 rings (SSSR count). The van der Waals surface area contributed by atoms with E-state index in [-0.39, 0.29) is 11.5 Å². The first kappa shape index (κ1) is 15.2. The van der Waals surface area contributed by atoms with E-state index in [2.05, 4.69) is 9.97 Å². The topological polar surface area (TPSA) is 66.1 Å². The molecule has 0 aliphatic heterocycles. The Labute approximate surface area is 133 Å². The van der Waals surface area contributed by atoms with Gasteiger partial charge in [-0.15, -0.1) is 11.3 Å². The van der Waals surface area contributed by atoms with Gasteiger partial charge in [0.2, 0.25) is 5.91 Å². The SMILES string of the molecule is CCN(C)C(=O)CCc1nc2sc3c(c2c(=O)[nH]1)CCCC3. The maximum absolute atomic E-state index is 12.4. The van der Waals surface area contributed by atoms with E-state index in [0.717, 1.165) is 29.5 Å². The molecule has 1 amide bonds. The summed E-state index contributed by atoms with van der Waals surface area (Å²) in [6, 6.07) is 0. The lowest BCUT2D eigenvalue weighted by atomic mass is 9.97. The monoisotopic (exact) mass is 319 g/mol. The van der Waals surface area contributed by atoms with Crippen molar-refractivity contribution < 1.29 is 4.79 Å². The molecule has 0 radical (unpaired) electrons. The molecule has 1 N–H and O–H groups in total. The first-order valence-electron chi connectivity index (χ1n) is 7.87. The summed E-state index contributed by atoms with van der Waals surface area (Å²) >= 11 is 1.65. The van der Waals surface area contributed by atoms with Crippen LogP contribution in [0.4, 0.5) is 0 Å². The largest absolute Gasteiger partial charge is 0.346 e. The van der Waals surface area contributed by atoms with Crippen LogP contribution >= 0.6 is 11.3 Å². The summed E-state index contributed by atoms with van der Waals surface area (Å²) < 4.78 is 0. The predicted octanol–water partition coefficient (Wildman–Crippen LogP) is 2.27. The van der Waals surface area contributed by atoms with Gasteiger partial charge < -0.3 is 9.88 Å². The minimum Gasteiger partial charge on any atom is -0.346 e. The summed E-state index contributed by atoms with van der Waals surface area (Å²) in [4.78, 5) is 35.5. The number of carbonyl (C=O) groups excluding carboxylic acids is 1. The van der Waals surface area contributed by atoms with Gasteiger partial charge in [-0.3, -0.25) is 9.59 Å². The summed E-state index contributed by atoms with van der Waals surface area (Å²) in [5, 5.41) is 0.778. The first-order valence-corrected chi connectivity index (χ1v) is 8.69. The number of fused-ring (bicyclic) bond motifs is 3. The number of rotatable bonds is 4. The molecule has 5 nitrogen and oxygen atoms in total. The zero-order valence-corrected chi connectivity index (χ0v) is 13.9. The highest BCUT2D eigenvalue weighted by molar-refractivity contribution is 7.18. The summed E-state index contributed by atoms with van der Waals surface area (Å²) in [5.41, 5.74) is 1.16. The summed E-state index contributed by atoms with van der Waals surface area (Å²) in [6.07, 6.45) is 5.26. The Morgan fingerprint density at radius 2 is 2.14 bits per heavy atom. The van der Waals surface area contributed by atoms with Crippen molar-refractivity contribution in [2.24, 2.45) is 0 Å². The van der Waals surface area contributed by atoms with E-state index in [9.17, 15) is 9.59 Å². The van der Waals surface area contributed by atoms with Crippen LogP contribution in [0, 0.1) is 0 Å². The number of nitrogens with zero attached hydrogens (tertiary/aromatic N) is 2. The highest BCUT2D eigenvalue weighted by Crippen LogP contribution is 2.33. The van der Waals surface area contributed by atoms with Crippen molar-refractivity contribution >= 4 is 27.5 Å². The zero-order valence-electron chi connectivity index (χ0n) is 13.1. The molecule has 0 atom stereocenters. The second-order valence-electron chi connectivity index (χ2n) is 5.81. The average Bonchev–Trinajstić information content (AvgIpc) is 2.90. The normalized spacial score (nSPS) is 14.1. The Morgan fingerprint density at radius 3 is 2.91 bits per heavy atom. The van der Waals surface area contributed by atoms with Gasteiger partial charge in [0.1, 0.15) is 10.7 Å². The minimum atomic E-state index is -0.0457. The maximum Gasteiger partial charge on any atom is 0.259 e. The van der Waals surface area contributed by atoms with Crippen molar-refractivity contribution in [3.05, 3.63) is 26.6 Å². The highest BCUT2D eigenvalue weighted by atomic mass is 32.1. The van der Waals surface area contributed by atoms with Crippen molar-refractivity contribution in [2.75, 3.05) is 13.6 Å². The Balaban J connectivity index is 1.87. The van der Waals surface area contributed by atoms with Gasteiger partial charge in [0.15, 0.2) is 0 Å². The molecule has 2 heterocycles. The molecule has 1 aliphatic carbocycles. The van der Waals surface area contributed by atoms with Crippen molar-refractivity contribution in [1.29, 1.82) is 0 Å². The number of amides is 1. The van der Waals surface area contributed by atoms with Gasteiger partial charge in [-0.2, -0.15) is 0 Å². The molecule has 1 aliphatic rings. The number of hydrogen-bond donors (Lipinski definition) is 1. The lowest BCUT2D eigenvalue weighted by Gasteiger charge is -2.13. The molecule has 0 unspecified atom stereocenters. The van der Waals surface area contributed by atoms with E-state index in [1.165, 1.54) is 16.9 Å². The van der Waals surface area contributed by atoms with E-state index in [1.54, 1.807) is 23.3 Å². The van der Waals surface area contributed by atoms with Crippen LogP contribution in [0.2, 0.25) is 0 Å². The van der Waals surface area contributed by atoms with Crippen LogP contribution in [0.1, 0.15) is 42.5 Å². The van der Waals surface area contributed by atoms with Gasteiger partial charge in [-0.1, -0.05) is 0 Å². The number of nitrogens with one attached hydrogen (secondary N) is 1. The number of carbonyl (C=O) groups is 1. The number of aromatic amines is 1. The molecule has 118 valence electrons. The van der Waals surface area contributed by atoms with Crippen LogP contribution in [-0.4, -0.2) is 34.4 Å². The molecule has 0 saturated carbocycles. The third-order valence-corrected chi connectivity index (χ3v) is 5.54. The lowest BCUT2D eigenvalue weighted by Crippen LogP contribution is -2.26. The second-order valence-corrected chi connectivity index (χ2v) is 6.90. The summed E-state index contributed by atoms with van der Waals surface area (Å²) in [5.74, 6) is 0.699. The van der Waals surface area contributed by atoms with Crippen LogP contribution in [-0.2, 0) is 24.1 Å².